The summed E-state index contributed by atoms with van der Waals surface area (Å²) in [4.78, 5) is 11.9. The van der Waals surface area contributed by atoms with E-state index in [1.807, 2.05) is 6.92 Å². The smallest absolute Gasteiger partial charge is 0.330 e. The monoisotopic (exact) mass is 339 g/mol. The molecule has 0 aromatic carbocycles. The molecule has 1 aromatic heterocycles. The van der Waals surface area contributed by atoms with Crippen molar-refractivity contribution in [2.75, 3.05) is 20.3 Å². The average molecular weight is 339 g/mol. The number of esters is 1. The van der Waals surface area contributed by atoms with Crippen LogP contribution >= 0.6 is 0 Å². The molecule has 0 bridgehead atoms. The van der Waals surface area contributed by atoms with Gasteiger partial charge in [0, 0.05) is 18.1 Å². The van der Waals surface area contributed by atoms with E-state index in [2.05, 4.69) is 22.9 Å². The van der Waals surface area contributed by atoms with Gasteiger partial charge in [0.05, 0.1) is 25.7 Å². The van der Waals surface area contributed by atoms with Crippen molar-refractivity contribution in [3.63, 3.8) is 0 Å². The maximum atomic E-state index is 11.9. The Labute approximate surface area is 145 Å². The Balaban J connectivity index is 2.16. The number of nitrogens with zero attached hydrogens (tertiary/aromatic N) is 1. The topological polar surface area (TPSA) is 70.8 Å². The first-order valence-corrected chi connectivity index (χ1v) is 7.72. The molecule has 1 saturated heterocycles. The molecule has 0 radical (unpaired) electrons. The van der Waals surface area contributed by atoms with Crippen molar-refractivity contribution < 1.29 is 23.5 Å². The number of terminal acetylenes is 1. The van der Waals surface area contributed by atoms with E-state index in [1.165, 1.54) is 25.5 Å². The van der Waals surface area contributed by atoms with Crippen LogP contribution in [-0.2, 0) is 24.8 Å². The van der Waals surface area contributed by atoms with Crippen LogP contribution in [0.15, 0.2) is 29.0 Å². The van der Waals surface area contributed by atoms with Crippen LogP contribution in [0.25, 0.3) is 5.57 Å². The zero-order chi connectivity index (χ0) is 17.9. The number of methoxy groups -OCH3 is 1. The lowest BCUT2D eigenvalue weighted by Crippen LogP contribution is -2.40. The molecule has 0 N–H and O–H groups in total. The molecule has 1 atom stereocenters. The Morgan fingerprint density at radius 2 is 2.16 bits per heavy atom. The van der Waals surface area contributed by atoms with E-state index in [9.17, 15) is 4.79 Å². The third-order valence-corrected chi connectivity index (χ3v) is 4.23. The molecule has 1 aromatic rings. The van der Waals surface area contributed by atoms with Crippen molar-refractivity contribution in [2.24, 2.45) is 5.41 Å². The van der Waals surface area contributed by atoms with Crippen LogP contribution in [0.4, 0.5) is 0 Å². The van der Waals surface area contributed by atoms with Crippen molar-refractivity contribution in [2.45, 2.75) is 19.1 Å². The van der Waals surface area contributed by atoms with Gasteiger partial charge in [0.25, 0.3) is 0 Å². The quantitative estimate of drug-likeness (QED) is 0.443. The highest BCUT2D eigenvalue weighted by Crippen LogP contribution is 2.54. The fraction of sp³-hybridized carbons (Fsp3) is 0.368. The predicted molar refractivity (Wildman–Crippen MR) is 88.6 cm³/mol. The summed E-state index contributed by atoms with van der Waals surface area (Å²) >= 11 is 0. The van der Waals surface area contributed by atoms with Gasteiger partial charge in [-0.3, -0.25) is 0 Å². The van der Waals surface area contributed by atoms with Gasteiger partial charge in [-0.15, -0.1) is 6.42 Å². The molecule has 6 heteroatoms. The van der Waals surface area contributed by atoms with Crippen LogP contribution in [0.5, 0.6) is 0 Å². The highest BCUT2D eigenvalue weighted by molar-refractivity contribution is 5.94. The van der Waals surface area contributed by atoms with Gasteiger partial charge in [0.2, 0.25) is 5.79 Å². The number of aromatic nitrogens is 1. The maximum absolute atomic E-state index is 11.9. The van der Waals surface area contributed by atoms with Gasteiger partial charge in [-0.25, -0.2) is 4.79 Å². The molecule has 1 aliphatic heterocycles. The van der Waals surface area contributed by atoms with E-state index >= 15 is 0 Å². The van der Waals surface area contributed by atoms with Gasteiger partial charge < -0.3 is 18.7 Å². The van der Waals surface area contributed by atoms with Crippen LogP contribution in [0, 0.1) is 29.6 Å². The number of carbonyl (C=O) groups excluding carboxylic acids is 1. The van der Waals surface area contributed by atoms with E-state index in [1.54, 1.807) is 6.08 Å². The van der Waals surface area contributed by atoms with Crippen LogP contribution in [0.1, 0.15) is 24.6 Å². The zero-order valence-corrected chi connectivity index (χ0v) is 14.0. The highest BCUT2D eigenvalue weighted by Gasteiger charge is 2.54. The van der Waals surface area contributed by atoms with Gasteiger partial charge in [-0.05, 0) is 24.6 Å². The summed E-state index contributed by atoms with van der Waals surface area (Å²) in [5, 5.41) is 4.04. The van der Waals surface area contributed by atoms with E-state index in [4.69, 9.17) is 25.2 Å². The molecule has 2 heterocycles. The predicted octanol–water partition coefficient (Wildman–Crippen LogP) is 2.03. The minimum absolute atomic E-state index is 0.360. The second-order valence-electron chi connectivity index (χ2n) is 5.89. The number of carbonyl (C=O) groups is 1. The summed E-state index contributed by atoms with van der Waals surface area (Å²) in [5.41, 5.74) is 1.02. The van der Waals surface area contributed by atoms with Crippen LogP contribution < -0.4 is 0 Å². The lowest BCUT2D eigenvalue weighted by atomic mass is 9.68. The van der Waals surface area contributed by atoms with Crippen molar-refractivity contribution >= 4 is 11.5 Å². The molecule has 2 aliphatic rings. The standard InChI is InChI=1S/C19H17NO5/c1-4-5-6-7-8-18(2)13-19(23-9-10-24-19)17-14(12-25-20-17)15(18)11-16(21)22-3/h1,5-6,11-12H,9-10,13H2,2-3H3/b6-5-,15-11+/t18-/m1/s1. The molecule has 0 saturated carbocycles. The van der Waals surface area contributed by atoms with Gasteiger partial charge >= 0.3 is 5.97 Å². The number of hydrogen-bond donors (Lipinski definition) is 0. The first-order valence-electron chi connectivity index (χ1n) is 7.72. The first-order chi connectivity index (χ1) is 12.0. The van der Waals surface area contributed by atoms with E-state index in [0.29, 0.717) is 36.5 Å². The third kappa shape index (κ3) is 2.98. The lowest BCUT2D eigenvalue weighted by molar-refractivity contribution is -0.186. The van der Waals surface area contributed by atoms with Gasteiger partial charge in [0.15, 0.2) is 5.69 Å². The summed E-state index contributed by atoms with van der Waals surface area (Å²) in [6.07, 6.45) is 11.5. The molecule has 25 heavy (non-hydrogen) atoms. The minimum atomic E-state index is -1.03. The Morgan fingerprint density at radius 1 is 1.40 bits per heavy atom. The molecular weight excluding hydrogens is 322 g/mol. The molecule has 1 fully saturated rings. The zero-order valence-electron chi connectivity index (χ0n) is 14.0. The van der Waals surface area contributed by atoms with Crippen molar-refractivity contribution in [3.05, 3.63) is 35.7 Å². The molecule has 1 aliphatic carbocycles. The van der Waals surface area contributed by atoms with E-state index in [0.717, 1.165) is 0 Å². The van der Waals surface area contributed by atoms with Gasteiger partial charge in [0.1, 0.15) is 6.26 Å². The number of ether oxygens (including phenoxy) is 3. The van der Waals surface area contributed by atoms with Crippen LogP contribution in [0.2, 0.25) is 0 Å². The lowest BCUT2D eigenvalue weighted by Gasteiger charge is -2.40. The second kappa shape index (κ2) is 6.60. The van der Waals surface area contributed by atoms with Crippen molar-refractivity contribution in [1.82, 2.24) is 5.16 Å². The Hall–Kier alpha value is -2.80. The summed E-state index contributed by atoms with van der Waals surface area (Å²) < 4.78 is 21.6. The van der Waals surface area contributed by atoms with E-state index < -0.39 is 17.2 Å². The fourth-order valence-corrected chi connectivity index (χ4v) is 3.15. The van der Waals surface area contributed by atoms with Crippen molar-refractivity contribution in [1.29, 1.82) is 0 Å². The van der Waals surface area contributed by atoms with Gasteiger partial charge in [-0.2, -0.15) is 0 Å². The first kappa shape index (κ1) is 17.0. The fourth-order valence-electron chi connectivity index (χ4n) is 3.15. The number of rotatable bonds is 1. The normalized spacial score (nSPS) is 25.4. The van der Waals surface area contributed by atoms with E-state index in [-0.39, 0.29) is 0 Å². The molecule has 6 nitrogen and oxygen atoms in total. The Morgan fingerprint density at radius 3 is 2.84 bits per heavy atom. The Kier molecular flexibility index (Phi) is 4.50. The minimum Gasteiger partial charge on any atom is -0.466 e. The number of allylic oxidation sites excluding steroid dienone is 3. The summed E-state index contributed by atoms with van der Waals surface area (Å²) in [7, 11) is 1.32. The second-order valence-corrected chi connectivity index (χ2v) is 5.89. The van der Waals surface area contributed by atoms with Crippen LogP contribution in [0.3, 0.4) is 0 Å². The highest BCUT2D eigenvalue weighted by atomic mass is 16.7. The van der Waals surface area contributed by atoms with Crippen molar-refractivity contribution in [3.8, 4) is 24.2 Å². The largest absolute Gasteiger partial charge is 0.466 e. The molecular formula is C19H17NO5. The summed E-state index contributed by atoms with van der Waals surface area (Å²) in [6.45, 7) is 2.80. The molecule has 0 amide bonds. The maximum Gasteiger partial charge on any atom is 0.330 e. The van der Waals surface area contributed by atoms with Crippen LogP contribution in [-0.4, -0.2) is 31.4 Å². The molecule has 128 valence electrons. The van der Waals surface area contributed by atoms with Gasteiger partial charge in [-0.1, -0.05) is 22.9 Å². The average Bonchev–Trinajstić information content (AvgIpc) is 3.25. The summed E-state index contributed by atoms with van der Waals surface area (Å²) in [5.74, 6) is 6.94. The summed E-state index contributed by atoms with van der Waals surface area (Å²) in [6, 6.07) is 0. The third-order valence-electron chi connectivity index (χ3n) is 4.23. The number of fused-ring (bicyclic) bond motifs is 2. The molecule has 1 spiro atoms. The molecule has 3 rings (SSSR count). The molecule has 0 unspecified atom stereocenters. The number of hydrogen-bond acceptors (Lipinski definition) is 6. The Bertz CT molecular complexity index is 839. The SMILES string of the molecule is C#C/C=C\C#C[C@]1(C)CC2(OCCO2)c2nocc2/C1=C\C(=O)OC.